The van der Waals surface area contributed by atoms with Crippen LogP contribution in [0.15, 0.2) is 54.6 Å². The number of benzene rings is 2. The third kappa shape index (κ3) is 2.27. The first kappa shape index (κ1) is 12.0. The van der Waals surface area contributed by atoms with Crippen molar-refractivity contribution in [2.75, 3.05) is 10.7 Å². The van der Waals surface area contributed by atoms with E-state index in [0.717, 1.165) is 16.8 Å². The van der Waals surface area contributed by atoms with Gasteiger partial charge in [-0.1, -0.05) is 54.2 Å². The van der Waals surface area contributed by atoms with E-state index in [1.165, 1.54) is 16.7 Å². The van der Waals surface area contributed by atoms with Crippen LogP contribution in [0.1, 0.15) is 0 Å². The molecule has 0 spiro atoms. The third-order valence-corrected chi connectivity index (χ3v) is 3.84. The van der Waals surface area contributed by atoms with Crippen molar-refractivity contribution in [3.8, 4) is 11.1 Å². The Balaban J connectivity index is 2.01. The molecule has 1 saturated heterocycles. The van der Waals surface area contributed by atoms with Crippen molar-refractivity contribution < 1.29 is 4.79 Å². The molecule has 2 aromatic rings. The average Bonchev–Trinajstić information content (AvgIpc) is 2.79. The fourth-order valence-corrected chi connectivity index (χ4v) is 2.81. The van der Waals surface area contributed by atoms with Gasteiger partial charge in [-0.25, -0.2) is 0 Å². The lowest BCUT2D eigenvalue weighted by molar-refractivity contribution is -0.115. The van der Waals surface area contributed by atoms with Gasteiger partial charge < -0.3 is 0 Å². The highest BCUT2D eigenvalue weighted by atomic mass is 32.2. The van der Waals surface area contributed by atoms with E-state index in [4.69, 9.17) is 5.41 Å². The van der Waals surface area contributed by atoms with Crippen molar-refractivity contribution >= 4 is 28.5 Å². The van der Waals surface area contributed by atoms with E-state index < -0.39 is 0 Å². The zero-order valence-electron chi connectivity index (χ0n) is 10.2. The monoisotopic (exact) mass is 268 g/mol. The van der Waals surface area contributed by atoms with Crippen molar-refractivity contribution in [3.63, 3.8) is 0 Å². The van der Waals surface area contributed by atoms with Crippen LogP contribution in [0, 0.1) is 5.41 Å². The summed E-state index contributed by atoms with van der Waals surface area (Å²) in [5.41, 5.74) is 2.92. The van der Waals surface area contributed by atoms with Crippen LogP contribution in [0.3, 0.4) is 0 Å². The second-order valence-corrected chi connectivity index (χ2v) is 5.20. The number of carbonyl (C=O) groups excluding carboxylic acids is 1. The molecule has 19 heavy (non-hydrogen) atoms. The van der Waals surface area contributed by atoms with Gasteiger partial charge in [0.1, 0.15) is 0 Å². The van der Waals surface area contributed by atoms with Gasteiger partial charge in [-0.2, -0.15) is 0 Å². The number of nitrogens with one attached hydrogen (secondary N) is 1. The molecule has 0 saturated carbocycles. The summed E-state index contributed by atoms with van der Waals surface area (Å²) in [6.45, 7) is 0. The van der Waals surface area contributed by atoms with Gasteiger partial charge in [-0.3, -0.25) is 15.1 Å². The van der Waals surface area contributed by atoms with Crippen molar-refractivity contribution in [3.05, 3.63) is 54.6 Å². The zero-order chi connectivity index (χ0) is 13.2. The smallest absolute Gasteiger partial charge is 0.243 e. The molecular weight excluding hydrogens is 256 g/mol. The standard InChI is InChI=1S/C15H12N2OS/c16-15-17(14(18)10-19-15)13-8-4-7-12(9-13)11-5-2-1-3-6-11/h1-9,16H,10H2. The number of amides is 1. The minimum atomic E-state index is -0.0276. The summed E-state index contributed by atoms with van der Waals surface area (Å²) < 4.78 is 0. The van der Waals surface area contributed by atoms with Crippen molar-refractivity contribution in [2.24, 2.45) is 0 Å². The highest BCUT2D eigenvalue weighted by Gasteiger charge is 2.28. The maximum Gasteiger partial charge on any atom is 0.243 e. The predicted molar refractivity (Wildman–Crippen MR) is 79.5 cm³/mol. The lowest BCUT2D eigenvalue weighted by Gasteiger charge is -2.15. The topological polar surface area (TPSA) is 44.2 Å². The molecule has 2 aromatic carbocycles. The summed E-state index contributed by atoms with van der Waals surface area (Å²) in [7, 11) is 0. The van der Waals surface area contributed by atoms with Crippen LogP contribution in [0.5, 0.6) is 0 Å². The van der Waals surface area contributed by atoms with Gasteiger partial charge in [-0.05, 0) is 23.3 Å². The molecule has 4 heteroatoms. The Labute approximate surface area is 115 Å². The van der Waals surface area contributed by atoms with Gasteiger partial charge in [-0.15, -0.1) is 0 Å². The maximum absolute atomic E-state index is 11.8. The number of carbonyl (C=O) groups is 1. The molecule has 0 aliphatic carbocycles. The minimum absolute atomic E-state index is 0.0276. The molecule has 0 atom stereocenters. The zero-order valence-corrected chi connectivity index (χ0v) is 11.0. The Morgan fingerprint density at radius 3 is 2.42 bits per heavy atom. The molecule has 1 aliphatic heterocycles. The van der Waals surface area contributed by atoms with Gasteiger partial charge in [0, 0.05) is 0 Å². The van der Waals surface area contributed by atoms with E-state index in [2.05, 4.69) is 0 Å². The molecule has 1 fully saturated rings. The summed E-state index contributed by atoms with van der Waals surface area (Å²) in [5, 5.41) is 8.12. The largest absolute Gasteiger partial charge is 0.278 e. The molecular formula is C15H12N2OS. The van der Waals surface area contributed by atoms with Crippen LogP contribution in [0.4, 0.5) is 5.69 Å². The third-order valence-electron chi connectivity index (χ3n) is 3.00. The first-order valence-corrected chi connectivity index (χ1v) is 6.94. The first-order chi connectivity index (χ1) is 9.25. The number of hydrogen-bond acceptors (Lipinski definition) is 3. The molecule has 1 N–H and O–H groups in total. The van der Waals surface area contributed by atoms with E-state index in [9.17, 15) is 4.79 Å². The fraction of sp³-hybridized carbons (Fsp3) is 0.0667. The number of rotatable bonds is 2. The minimum Gasteiger partial charge on any atom is -0.278 e. The van der Waals surface area contributed by atoms with Crippen LogP contribution in [-0.4, -0.2) is 16.8 Å². The highest BCUT2D eigenvalue weighted by Crippen LogP contribution is 2.29. The molecule has 0 radical (unpaired) electrons. The van der Waals surface area contributed by atoms with E-state index in [-0.39, 0.29) is 5.91 Å². The van der Waals surface area contributed by atoms with Crippen LogP contribution in [0.2, 0.25) is 0 Å². The number of hydrogen-bond donors (Lipinski definition) is 1. The Morgan fingerprint density at radius 2 is 1.74 bits per heavy atom. The van der Waals surface area contributed by atoms with E-state index in [1.54, 1.807) is 0 Å². The quantitative estimate of drug-likeness (QED) is 0.907. The lowest BCUT2D eigenvalue weighted by Crippen LogP contribution is -2.28. The van der Waals surface area contributed by atoms with Crippen LogP contribution in [-0.2, 0) is 4.79 Å². The van der Waals surface area contributed by atoms with Crippen LogP contribution >= 0.6 is 11.8 Å². The van der Waals surface area contributed by atoms with E-state index in [0.29, 0.717) is 10.9 Å². The SMILES string of the molecule is N=C1SCC(=O)N1c1cccc(-c2ccccc2)c1. The van der Waals surface area contributed by atoms with Crippen molar-refractivity contribution in [2.45, 2.75) is 0 Å². The number of nitrogens with zero attached hydrogens (tertiary/aromatic N) is 1. The van der Waals surface area contributed by atoms with Crippen LogP contribution < -0.4 is 4.90 Å². The molecule has 3 rings (SSSR count). The van der Waals surface area contributed by atoms with E-state index >= 15 is 0 Å². The normalized spacial score (nSPS) is 15.1. The second kappa shape index (κ2) is 4.90. The maximum atomic E-state index is 11.8. The van der Waals surface area contributed by atoms with Gasteiger partial charge in [0.15, 0.2) is 5.17 Å². The fourth-order valence-electron chi connectivity index (χ4n) is 2.09. The Morgan fingerprint density at radius 1 is 1.00 bits per heavy atom. The summed E-state index contributed by atoms with van der Waals surface area (Å²) in [5.74, 6) is 0.328. The summed E-state index contributed by atoms with van der Waals surface area (Å²) in [6, 6.07) is 17.8. The molecule has 0 unspecified atom stereocenters. The van der Waals surface area contributed by atoms with Crippen LogP contribution in [0.25, 0.3) is 11.1 Å². The highest BCUT2D eigenvalue weighted by molar-refractivity contribution is 8.15. The Bertz CT molecular complexity index is 624. The molecule has 94 valence electrons. The molecule has 1 amide bonds. The summed E-state index contributed by atoms with van der Waals surface area (Å²) in [4.78, 5) is 13.3. The predicted octanol–water partition coefficient (Wildman–Crippen LogP) is 3.37. The summed E-state index contributed by atoms with van der Waals surface area (Å²) in [6.07, 6.45) is 0. The second-order valence-electron chi connectivity index (χ2n) is 4.24. The van der Waals surface area contributed by atoms with Crippen molar-refractivity contribution in [1.29, 1.82) is 5.41 Å². The van der Waals surface area contributed by atoms with Gasteiger partial charge in [0.2, 0.25) is 5.91 Å². The average molecular weight is 268 g/mol. The Hall–Kier alpha value is -2.07. The molecule has 3 nitrogen and oxygen atoms in total. The number of thioether (sulfide) groups is 1. The van der Waals surface area contributed by atoms with Gasteiger partial charge in [0.05, 0.1) is 11.4 Å². The molecule has 1 aliphatic rings. The Kier molecular flexibility index (Phi) is 3.09. The summed E-state index contributed by atoms with van der Waals surface area (Å²) >= 11 is 1.27. The van der Waals surface area contributed by atoms with Crippen molar-refractivity contribution in [1.82, 2.24) is 0 Å². The lowest BCUT2D eigenvalue weighted by atomic mass is 10.1. The number of anilines is 1. The number of amidine groups is 1. The first-order valence-electron chi connectivity index (χ1n) is 5.95. The van der Waals surface area contributed by atoms with Gasteiger partial charge >= 0.3 is 0 Å². The van der Waals surface area contributed by atoms with Gasteiger partial charge in [0.25, 0.3) is 0 Å². The molecule has 0 aromatic heterocycles. The molecule has 0 bridgehead atoms. The van der Waals surface area contributed by atoms with E-state index in [1.807, 2.05) is 54.6 Å². The molecule has 1 heterocycles.